The van der Waals surface area contributed by atoms with Crippen LogP contribution < -0.4 is 5.73 Å². The lowest BCUT2D eigenvalue weighted by molar-refractivity contribution is 0.395. The number of hydrogen-bond acceptors (Lipinski definition) is 3. The van der Waals surface area contributed by atoms with Gasteiger partial charge in [-0.2, -0.15) is 0 Å². The van der Waals surface area contributed by atoms with Crippen molar-refractivity contribution in [1.29, 1.82) is 5.41 Å². The molecule has 15 heavy (non-hydrogen) atoms. The summed E-state index contributed by atoms with van der Waals surface area (Å²) in [6.45, 7) is 0. The van der Waals surface area contributed by atoms with Gasteiger partial charge in [-0.1, -0.05) is 6.07 Å². The van der Waals surface area contributed by atoms with Gasteiger partial charge in [-0.25, -0.2) is 0 Å². The van der Waals surface area contributed by atoms with Gasteiger partial charge < -0.3 is 15.9 Å². The number of aromatic hydroxyl groups is 2. The molecule has 0 amide bonds. The van der Waals surface area contributed by atoms with Gasteiger partial charge in [-0.05, 0) is 30.9 Å². The molecule has 0 saturated heterocycles. The maximum Gasteiger partial charge on any atom is 0.160 e. The van der Waals surface area contributed by atoms with Gasteiger partial charge in [0.1, 0.15) is 0 Å². The van der Waals surface area contributed by atoms with E-state index in [-0.39, 0.29) is 23.3 Å². The molecule has 1 unspecified atom stereocenters. The largest absolute Gasteiger partial charge is 0.504 e. The van der Waals surface area contributed by atoms with Crippen LogP contribution in [0.4, 0.5) is 0 Å². The van der Waals surface area contributed by atoms with Crippen LogP contribution in [0.15, 0.2) is 12.1 Å². The third-order valence-corrected chi connectivity index (χ3v) is 2.97. The molecule has 80 valence electrons. The standard InChI is InChI=1S/C11H14N2O2/c12-11(13)8-3-1-2-7-6(8)4-5-9(14)10(7)15/h4-5,8,14-15H,1-3H2,(H3,12,13). The summed E-state index contributed by atoms with van der Waals surface area (Å²) >= 11 is 0. The highest BCUT2D eigenvalue weighted by Crippen LogP contribution is 2.40. The zero-order chi connectivity index (χ0) is 11.0. The molecular weight excluding hydrogens is 192 g/mol. The lowest BCUT2D eigenvalue weighted by Crippen LogP contribution is -2.24. The van der Waals surface area contributed by atoms with Crippen molar-refractivity contribution >= 4 is 5.84 Å². The first-order valence-electron chi connectivity index (χ1n) is 4.99. The van der Waals surface area contributed by atoms with E-state index in [0.29, 0.717) is 0 Å². The Morgan fingerprint density at radius 3 is 2.80 bits per heavy atom. The molecule has 1 aliphatic carbocycles. The molecule has 0 spiro atoms. The van der Waals surface area contributed by atoms with Crippen LogP contribution in [0.1, 0.15) is 29.9 Å². The van der Waals surface area contributed by atoms with E-state index in [9.17, 15) is 10.2 Å². The molecule has 5 N–H and O–H groups in total. The summed E-state index contributed by atoms with van der Waals surface area (Å²) in [7, 11) is 0. The normalized spacial score (nSPS) is 19.6. The Labute approximate surface area is 87.9 Å². The topological polar surface area (TPSA) is 90.3 Å². The molecule has 1 atom stereocenters. The van der Waals surface area contributed by atoms with Gasteiger partial charge in [0.15, 0.2) is 11.5 Å². The van der Waals surface area contributed by atoms with Crippen LogP contribution >= 0.6 is 0 Å². The number of nitrogens with one attached hydrogen (secondary N) is 1. The average molecular weight is 206 g/mol. The Hall–Kier alpha value is -1.71. The molecule has 0 bridgehead atoms. The third kappa shape index (κ3) is 1.52. The Morgan fingerprint density at radius 2 is 2.13 bits per heavy atom. The summed E-state index contributed by atoms with van der Waals surface area (Å²) < 4.78 is 0. The molecular formula is C11H14N2O2. The van der Waals surface area contributed by atoms with Crippen molar-refractivity contribution < 1.29 is 10.2 Å². The highest BCUT2D eigenvalue weighted by atomic mass is 16.3. The number of benzene rings is 1. The van der Waals surface area contributed by atoms with Crippen molar-refractivity contribution in [3.63, 3.8) is 0 Å². The minimum atomic E-state index is -0.111. The molecule has 0 aromatic heterocycles. The van der Waals surface area contributed by atoms with Gasteiger partial charge >= 0.3 is 0 Å². The monoisotopic (exact) mass is 206 g/mol. The number of nitrogens with two attached hydrogens (primary N) is 1. The molecule has 2 rings (SSSR count). The van der Waals surface area contributed by atoms with Crippen LogP contribution in [-0.4, -0.2) is 16.0 Å². The van der Waals surface area contributed by atoms with Gasteiger partial charge in [-0.3, -0.25) is 5.41 Å². The lowest BCUT2D eigenvalue weighted by atomic mass is 9.81. The highest BCUT2D eigenvalue weighted by Gasteiger charge is 2.25. The number of phenolic OH excluding ortho intramolecular Hbond substituents is 2. The summed E-state index contributed by atoms with van der Waals surface area (Å²) in [4.78, 5) is 0. The molecule has 4 heteroatoms. The maximum absolute atomic E-state index is 9.68. The summed E-state index contributed by atoms with van der Waals surface area (Å²) in [6.07, 6.45) is 2.46. The number of phenols is 2. The Bertz CT molecular complexity index is 415. The van der Waals surface area contributed by atoms with E-state index in [0.717, 1.165) is 30.4 Å². The second-order valence-electron chi connectivity index (χ2n) is 3.90. The molecule has 1 aromatic rings. The Balaban J connectivity index is 2.54. The molecule has 0 fully saturated rings. The highest BCUT2D eigenvalue weighted by molar-refractivity contribution is 5.85. The van der Waals surface area contributed by atoms with Crippen molar-refractivity contribution in [3.05, 3.63) is 23.3 Å². The van der Waals surface area contributed by atoms with Crippen LogP contribution in [0.3, 0.4) is 0 Å². The second kappa shape index (κ2) is 3.46. The van der Waals surface area contributed by atoms with E-state index in [1.807, 2.05) is 0 Å². The number of rotatable bonds is 1. The van der Waals surface area contributed by atoms with Crippen molar-refractivity contribution in [2.24, 2.45) is 5.73 Å². The first-order valence-corrected chi connectivity index (χ1v) is 4.99. The van der Waals surface area contributed by atoms with Crippen molar-refractivity contribution in [2.45, 2.75) is 25.2 Å². The smallest absolute Gasteiger partial charge is 0.160 e. The van der Waals surface area contributed by atoms with Crippen LogP contribution in [-0.2, 0) is 6.42 Å². The SMILES string of the molecule is N=C(N)C1CCCc2c1ccc(O)c2O. The Kier molecular flexibility index (Phi) is 2.26. The molecule has 1 aliphatic rings. The summed E-state index contributed by atoms with van der Waals surface area (Å²) in [5.41, 5.74) is 7.13. The molecule has 0 heterocycles. The molecule has 1 aromatic carbocycles. The van der Waals surface area contributed by atoms with Gasteiger partial charge in [0, 0.05) is 11.5 Å². The predicted octanol–water partition coefficient (Wildman–Crippen LogP) is 1.45. The minimum Gasteiger partial charge on any atom is -0.504 e. The molecule has 0 saturated carbocycles. The van der Waals surface area contributed by atoms with Gasteiger partial charge in [-0.15, -0.1) is 0 Å². The molecule has 0 aliphatic heterocycles. The number of hydrogen-bond donors (Lipinski definition) is 4. The Morgan fingerprint density at radius 1 is 1.40 bits per heavy atom. The minimum absolute atomic E-state index is 0.0570. The molecule has 4 nitrogen and oxygen atoms in total. The summed E-state index contributed by atoms with van der Waals surface area (Å²) in [6, 6.07) is 3.20. The van der Waals surface area contributed by atoms with Crippen molar-refractivity contribution in [2.75, 3.05) is 0 Å². The fourth-order valence-electron chi connectivity index (χ4n) is 2.19. The number of amidine groups is 1. The average Bonchev–Trinajstić information content (AvgIpc) is 2.23. The summed E-state index contributed by atoms with van der Waals surface area (Å²) in [5, 5.41) is 26.5. The van der Waals surface area contributed by atoms with Crippen LogP contribution in [0.5, 0.6) is 11.5 Å². The summed E-state index contributed by atoms with van der Waals surface area (Å²) in [5.74, 6) is -0.141. The van der Waals surface area contributed by atoms with E-state index >= 15 is 0 Å². The fraction of sp³-hybridized carbons (Fsp3) is 0.364. The van der Waals surface area contributed by atoms with Crippen molar-refractivity contribution in [3.8, 4) is 11.5 Å². The number of fused-ring (bicyclic) bond motifs is 1. The van der Waals surface area contributed by atoms with Crippen LogP contribution in [0, 0.1) is 5.41 Å². The van der Waals surface area contributed by atoms with Crippen molar-refractivity contribution in [1.82, 2.24) is 0 Å². The van der Waals surface area contributed by atoms with E-state index in [4.69, 9.17) is 11.1 Å². The third-order valence-electron chi connectivity index (χ3n) is 2.97. The first kappa shape index (κ1) is 9.83. The quantitative estimate of drug-likeness (QED) is 0.318. The fourth-order valence-corrected chi connectivity index (χ4v) is 2.19. The van der Waals surface area contributed by atoms with Gasteiger partial charge in [0.05, 0.1) is 5.84 Å². The maximum atomic E-state index is 9.68. The lowest BCUT2D eigenvalue weighted by Gasteiger charge is -2.25. The van der Waals surface area contributed by atoms with E-state index < -0.39 is 0 Å². The van der Waals surface area contributed by atoms with Crippen LogP contribution in [0.25, 0.3) is 0 Å². The molecule has 0 radical (unpaired) electrons. The van der Waals surface area contributed by atoms with E-state index in [1.165, 1.54) is 6.07 Å². The van der Waals surface area contributed by atoms with Gasteiger partial charge in [0.2, 0.25) is 0 Å². The van der Waals surface area contributed by atoms with E-state index in [1.54, 1.807) is 6.07 Å². The van der Waals surface area contributed by atoms with Gasteiger partial charge in [0.25, 0.3) is 0 Å². The first-order chi connectivity index (χ1) is 7.11. The van der Waals surface area contributed by atoms with E-state index in [2.05, 4.69) is 0 Å². The van der Waals surface area contributed by atoms with Crippen LogP contribution in [0.2, 0.25) is 0 Å². The zero-order valence-electron chi connectivity index (χ0n) is 8.33. The predicted molar refractivity (Wildman–Crippen MR) is 57.4 cm³/mol. The zero-order valence-corrected chi connectivity index (χ0v) is 8.33. The second-order valence-corrected chi connectivity index (χ2v) is 3.90.